The van der Waals surface area contributed by atoms with Gasteiger partial charge in [0.25, 0.3) is 0 Å². The Balaban J connectivity index is 1.44. The first-order chi connectivity index (χ1) is 20.8. The summed E-state index contributed by atoms with van der Waals surface area (Å²) < 4.78 is 4.40. The van der Waals surface area contributed by atoms with Crippen LogP contribution in [0.5, 0.6) is 0 Å². The molecule has 194 valence electrons. The van der Waals surface area contributed by atoms with Crippen molar-refractivity contribution in [1.82, 2.24) is 9.13 Å². The van der Waals surface area contributed by atoms with Crippen molar-refractivity contribution in [2.75, 3.05) is 0 Å². The highest BCUT2D eigenvalue weighted by molar-refractivity contribution is 6.17. The Bertz CT molecular complexity index is 2440. The molecule has 0 atom stereocenters. The maximum absolute atomic E-state index is 9.92. The van der Waals surface area contributed by atoms with Gasteiger partial charge in [-0.2, -0.15) is 10.5 Å². The van der Waals surface area contributed by atoms with Crippen LogP contribution < -0.4 is 0 Å². The molecule has 4 heteroatoms. The van der Waals surface area contributed by atoms with Crippen molar-refractivity contribution in [1.29, 1.82) is 10.5 Å². The van der Waals surface area contributed by atoms with Gasteiger partial charge in [-0.15, -0.1) is 0 Å². The van der Waals surface area contributed by atoms with Gasteiger partial charge in [-0.25, -0.2) is 0 Å². The SMILES string of the molecule is N#Cc1ccccc1-n1c2ccccc2c2cc(-c3cccc4c3c3ccccc3n4-c3ccccc3C#N)ccc21. The van der Waals surface area contributed by atoms with Crippen molar-refractivity contribution in [2.45, 2.75) is 0 Å². The van der Waals surface area contributed by atoms with Gasteiger partial charge in [-0.1, -0.05) is 78.9 Å². The topological polar surface area (TPSA) is 57.4 Å². The zero-order chi connectivity index (χ0) is 28.2. The van der Waals surface area contributed by atoms with Crippen LogP contribution in [0.15, 0.2) is 133 Å². The van der Waals surface area contributed by atoms with Crippen molar-refractivity contribution in [2.24, 2.45) is 0 Å². The quantitative estimate of drug-likeness (QED) is 0.227. The molecule has 0 aliphatic heterocycles. The molecule has 8 rings (SSSR count). The Labute approximate surface area is 242 Å². The largest absolute Gasteiger partial charge is 0.308 e. The average Bonchev–Trinajstić information content (AvgIpc) is 3.57. The maximum Gasteiger partial charge on any atom is 0.101 e. The molecule has 0 fully saturated rings. The summed E-state index contributed by atoms with van der Waals surface area (Å²) in [4.78, 5) is 0. The first kappa shape index (κ1) is 23.8. The van der Waals surface area contributed by atoms with Crippen molar-refractivity contribution in [3.05, 3.63) is 145 Å². The van der Waals surface area contributed by atoms with Crippen LogP contribution in [-0.4, -0.2) is 9.13 Å². The molecule has 2 heterocycles. The van der Waals surface area contributed by atoms with Crippen LogP contribution in [0.25, 0.3) is 66.1 Å². The first-order valence-electron chi connectivity index (χ1n) is 13.8. The minimum Gasteiger partial charge on any atom is -0.308 e. The molecule has 0 radical (unpaired) electrons. The van der Waals surface area contributed by atoms with Gasteiger partial charge in [-0.05, 0) is 65.7 Å². The Morgan fingerprint density at radius 2 is 0.952 bits per heavy atom. The zero-order valence-electron chi connectivity index (χ0n) is 22.5. The molecule has 0 N–H and O–H groups in total. The summed E-state index contributed by atoms with van der Waals surface area (Å²) >= 11 is 0. The molecule has 42 heavy (non-hydrogen) atoms. The van der Waals surface area contributed by atoms with E-state index in [4.69, 9.17) is 0 Å². The molecule has 0 saturated heterocycles. The number of nitrogens with zero attached hydrogens (tertiary/aromatic N) is 4. The Kier molecular flexibility index (Phi) is 5.22. The second kappa shape index (κ2) is 9.24. The number of para-hydroxylation sites is 4. The maximum atomic E-state index is 9.92. The van der Waals surface area contributed by atoms with E-state index in [-0.39, 0.29) is 0 Å². The molecule has 2 aromatic heterocycles. The second-order valence-electron chi connectivity index (χ2n) is 10.4. The normalized spacial score (nSPS) is 11.3. The van der Waals surface area contributed by atoms with Gasteiger partial charge in [0.2, 0.25) is 0 Å². The minimum atomic E-state index is 0.637. The van der Waals surface area contributed by atoms with Gasteiger partial charge in [0.05, 0.1) is 44.6 Å². The number of rotatable bonds is 3. The van der Waals surface area contributed by atoms with Crippen molar-refractivity contribution in [3.63, 3.8) is 0 Å². The molecular weight excluding hydrogens is 512 g/mol. The molecule has 4 nitrogen and oxygen atoms in total. The van der Waals surface area contributed by atoms with E-state index in [1.54, 1.807) is 0 Å². The van der Waals surface area contributed by atoms with Crippen LogP contribution in [0, 0.1) is 22.7 Å². The first-order valence-corrected chi connectivity index (χ1v) is 13.8. The van der Waals surface area contributed by atoms with Crippen molar-refractivity contribution in [3.8, 4) is 34.6 Å². The standard InChI is InChI=1S/C38H22N4/c39-23-26-10-1-5-15-32(26)41-34-17-7-3-12-29(34)31-22-25(20-21-36(31)41)28-14-9-19-37-38(28)30-13-4-8-18-35(30)42(37)33-16-6-2-11-27(33)24-40/h1-22H. The van der Waals surface area contributed by atoms with E-state index in [1.807, 2.05) is 60.7 Å². The highest BCUT2D eigenvalue weighted by Gasteiger charge is 2.19. The fourth-order valence-corrected chi connectivity index (χ4v) is 6.45. The van der Waals surface area contributed by atoms with Crippen LogP contribution >= 0.6 is 0 Å². The molecule has 0 saturated carbocycles. The predicted molar refractivity (Wildman–Crippen MR) is 170 cm³/mol. The van der Waals surface area contributed by atoms with Crippen LogP contribution in [0.1, 0.15) is 11.1 Å². The molecule has 0 aliphatic carbocycles. The number of aromatic nitrogens is 2. The highest BCUT2D eigenvalue weighted by Crippen LogP contribution is 2.41. The number of benzene rings is 6. The Morgan fingerprint density at radius 3 is 1.64 bits per heavy atom. The Hall–Kier alpha value is -6.10. The fraction of sp³-hybridized carbons (Fsp3) is 0. The van der Waals surface area contributed by atoms with Crippen molar-refractivity contribution < 1.29 is 0 Å². The number of nitriles is 2. The predicted octanol–water partition coefficient (Wildman–Crippen LogP) is 9.29. The summed E-state index contributed by atoms with van der Waals surface area (Å²) in [6.07, 6.45) is 0. The molecule has 8 aromatic rings. The minimum absolute atomic E-state index is 0.637. The van der Waals surface area contributed by atoms with Crippen LogP contribution in [0.3, 0.4) is 0 Å². The van der Waals surface area contributed by atoms with Crippen molar-refractivity contribution >= 4 is 43.6 Å². The van der Waals surface area contributed by atoms with E-state index >= 15 is 0 Å². The lowest BCUT2D eigenvalue weighted by atomic mass is 9.98. The van der Waals surface area contributed by atoms with Crippen LogP contribution in [0.2, 0.25) is 0 Å². The van der Waals surface area contributed by atoms with Crippen LogP contribution in [0.4, 0.5) is 0 Å². The highest BCUT2D eigenvalue weighted by atomic mass is 15.0. The summed E-state index contributed by atoms with van der Waals surface area (Å²) in [6, 6.07) is 50.1. The van der Waals surface area contributed by atoms with E-state index < -0.39 is 0 Å². The summed E-state index contributed by atoms with van der Waals surface area (Å²) in [7, 11) is 0. The number of hydrogen-bond donors (Lipinski definition) is 0. The smallest absolute Gasteiger partial charge is 0.101 e. The molecule has 0 aliphatic rings. The summed E-state index contributed by atoms with van der Waals surface area (Å²) in [5.74, 6) is 0. The monoisotopic (exact) mass is 534 g/mol. The van der Waals surface area contributed by atoms with Gasteiger partial charge in [0.15, 0.2) is 0 Å². The van der Waals surface area contributed by atoms with E-state index in [2.05, 4.69) is 94.1 Å². The summed E-state index contributed by atoms with van der Waals surface area (Å²) in [5.41, 5.74) is 9.51. The van der Waals surface area contributed by atoms with E-state index in [9.17, 15) is 10.5 Å². The number of fused-ring (bicyclic) bond motifs is 6. The lowest BCUT2D eigenvalue weighted by molar-refractivity contribution is 1.17. The lowest BCUT2D eigenvalue weighted by Gasteiger charge is -2.11. The summed E-state index contributed by atoms with van der Waals surface area (Å²) in [5, 5.41) is 24.4. The molecule has 0 bridgehead atoms. The third-order valence-corrected chi connectivity index (χ3v) is 8.21. The zero-order valence-corrected chi connectivity index (χ0v) is 22.5. The molecular formula is C38H22N4. The van der Waals surface area contributed by atoms with Gasteiger partial charge in [0.1, 0.15) is 12.1 Å². The summed E-state index contributed by atoms with van der Waals surface area (Å²) in [6.45, 7) is 0. The van der Waals surface area contributed by atoms with Gasteiger partial charge < -0.3 is 9.13 Å². The molecule has 0 amide bonds. The van der Waals surface area contributed by atoms with Gasteiger partial charge >= 0.3 is 0 Å². The fourth-order valence-electron chi connectivity index (χ4n) is 6.45. The third kappa shape index (κ3) is 3.33. The molecule has 0 spiro atoms. The number of hydrogen-bond acceptors (Lipinski definition) is 2. The van der Waals surface area contributed by atoms with E-state index in [1.165, 1.54) is 0 Å². The van der Waals surface area contributed by atoms with Gasteiger partial charge in [0, 0.05) is 21.5 Å². The third-order valence-electron chi connectivity index (χ3n) is 8.21. The van der Waals surface area contributed by atoms with Crippen LogP contribution in [-0.2, 0) is 0 Å². The average molecular weight is 535 g/mol. The van der Waals surface area contributed by atoms with E-state index in [0.717, 1.165) is 66.1 Å². The van der Waals surface area contributed by atoms with Gasteiger partial charge in [-0.3, -0.25) is 0 Å². The lowest BCUT2D eigenvalue weighted by Crippen LogP contribution is -1.97. The molecule has 0 unspecified atom stereocenters. The molecule has 6 aromatic carbocycles. The Morgan fingerprint density at radius 1 is 0.429 bits per heavy atom. The second-order valence-corrected chi connectivity index (χ2v) is 10.4. The van der Waals surface area contributed by atoms with E-state index in [0.29, 0.717) is 11.1 Å².